The number of hydrogen-bond acceptors (Lipinski definition) is 2. The zero-order valence-corrected chi connectivity index (χ0v) is 9.20. The lowest BCUT2D eigenvalue weighted by molar-refractivity contribution is -0.139. The van der Waals surface area contributed by atoms with Crippen molar-refractivity contribution in [2.75, 3.05) is 0 Å². The summed E-state index contributed by atoms with van der Waals surface area (Å²) in [4.78, 5) is 10.2. The third kappa shape index (κ3) is 8.05. The molecule has 0 saturated heterocycles. The summed E-state index contributed by atoms with van der Waals surface area (Å²) in [5.41, 5.74) is 0. The van der Waals surface area contributed by atoms with Gasteiger partial charge < -0.3 is 10.2 Å². The molecule has 0 fully saturated rings. The van der Waals surface area contributed by atoms with Gasteiger partial charge >= 0.3 is 5.97 Å². The molecule has 0 aromatic rings. The van der Waals surface area contributed by atoms with Crippen molar-refractivity contribution in [3.8, 4) is 0 Å². The highest BCUT2D eigenvalue weighted by Gasteiger charge is 2.09. The van der Waals surface area contributed by atoms with Crippen LogP contribution in [0.1, 0.15) is 52.4 Å². The standard InChI is InChI=1S/C11H22O3/c1-3-5-9(2)6-4-7-10(12)8-11(13)14/h9-10,12H,3-8H2,1-2H3,(H,13,14). The molecule has 84 valence electrons. The number of aliphatic hydroxyl groups is 1. The highest BCUT2D eigenvalue weighted by atomic mass is 16.4. The van der Waals surface area contributed by atoms with E-state index < -0.39 is 12.1 Å². The Morgan fingerprint density at radius 2 is 1.93 bits per heavy atom. The molecule has 2 N–H and O–H groups in total. The Labute approximate surface area is 86.1 Å². The van der Waals surface area contributed by atoms with E-state index in [4.69, 9.17) is 5.11 Å². The molecule has 14 heavy (non-hydrogen) atoms. The van der Waals surface area contributed by atoms with E-state index in [1.54, 1.807) is 0 Å². The second-order valence-electron chi connectivity index (χ2n) is 4.08. The fraction of sp³-hybridized carbons (Fsp3) is 0.909. The van der Waals surface area contributed by atoms with Crippen molar-refractivity contribution in [1.29, 1.82) is 0 Å². The van der Waals surface area contributed by atoms with Crippen LogP contribution in [0.4, 0.5) is 0 Å². The largest absolute Gasteiger partial charge is 0.481 e. The van der Waals surface area contributed by atoms with Gasteiger partial charge in [-0.25, -0.2) is 0 Å². The lowest BCUT2D eigenvalue weighted by Gasteiger charge is -2.11. The predicted octanol–water partition coefficient (Wildman–Crippen LogP) is 2.43. The molecule has 0 rings (SSSR count). The van der Waals surface area contributed by atoms with Gasteiger partial charge in [-0.15, -0.1) is 0 Å². The van der Waals surface area contributed by atoms with Gasteiger partial charge in [0.1, 0.15) is 0 Å². The molecular weight excluding hydrogens is 180 g/mol. The Hall–Kier alpha value is -0.570. The van der Waals surface area contributed by atoms with E-state index in [0.717, 1.165) is 12.8 Å². The highest BCUT2D eigenvalue weighted by molar-refractivity contribution is 5.67. The molecule has 0 heterocycles. The summed E-state index contributed by atoms with van der Waals surface area (Å²) in [6.45, 7) is 4.36. The summed E-state index contributed by atoms with van der Waals surface area (Å²) in [7, 11) is 0. The third-order valence-electron chi connectivity index (χ3n) is 2.43. The van der Waals surface area contributed by atoms with Gasteiger partial charge in [0.25, 0.3) is 0 Å². The van der Waals surface area contributed by atoms with Crippen molar-refractivity contribution in [3.05, 3.63) is 0 Å². The Balaban J connectivity index is 3.38. The van der Waals surface area contributed by atoms with Crippen molar-refractivity contribution in [1.82, 2.24) is 0 Å². The second kappa shape index (κ2) is 7.80. The van der Waals surface area contributed by atoms with Crippen LogP contribution in [0.2, 0.25) is 0 Å². The molecule has 2 unspecified atom stereocenters. The molecule has 2 atom stereocenters. The minimum Gasteiger partial charge on any atom is -0.481 e. The van der Waals surface area contributed by atoms with Crippen molar-refractivity contribution < 1.29 is 15.0 Å². The van der Waals surface area contributed by atoms with Crippen molar-refractivity contribution in [2.45, 2.75) is 58.5 Å². The number of rotatable bonds is 8. The fourth-order valence-electron chi connectivity index (χ4n) is 1.64. The average Bonchev–Trinajstić information content (AvgIpc) is 2.02. The normalized spacial score (nSPS) is 15.1. The molecule has 3 nitrogen and oxygen atoms in total. The van der Waals surface area contributed by atoms with E-state index in [0.29, 0.717) is 12.3 Å². The summed E-state index contributed by atoms with van der Waals surface area (Å²) in [5.74, 6) is -0.226. The molecule has 0 bridgehead atoms. The number of hydrogen-bond donors (Lipinski definition) is 2. The predicted molar refractivity (Wildman–Crippen MR) is 56.2 cm³/mol. The number of aliphatic hydroxyl groups excluding tert-OH is 1. The van der Waals surface area contributed by atoms with Gasteiger partial charge in [-0.3, -0.25) is 4.79 Å². The van der Waals surface area contributed by atoms with Gasteiger partial charge in [-0.1, -0.05) is 39.5 Å². The maximum Gasteiger partial charge on any atom is 0.305 e. The molecule has 0 spiro atoms. The van der Waals surface area contributed by atoms with E-state index >= 15 is 0 Å². The van der Waals surface area contributed by atoms with Crippen LogP contribution in [0.15, 0.2) is 0 Å². The number of carboxylic acids is 1. The Morgan fingerprint density at radius 1 is 1.29 bits per heavy atom. The maximum atomic E-state index is 10.2. The van der Waals surface area contributed by atoms with E-state index in [-0.39, 0.29) is 6.42 Å². The summed E-state index contributed by atoms with van der Waals surface area (Å²) in [5, 5.41) is 17.7. The van der Waals surface area contributed by atoms with Crippen molar-refractivity contribution >= 4 is 5.97 Å². The Kier molecular flexibility index (Phi) is 7.48. The minimum atomic E-state index is -0.917. The van der Waals surface area contributed by atoms with Crippen LogP contribution in [0, 0.1) is 5.92 Å². The third-order valence-corrected chi connectivity index (χ3v) is 2.43. The topological polar surface area (TPSA) is 57.5 Å². The van der Waals surface area contributed by atoms with Crippen LogP contribution in [0.5, 0.6) is 0 Å². The van der Waals surface area contributed by atoms with Crippen LogP contribution in [0.3, 0.4) is 0 Å². The summed E-state index contributed by atoms with van der Waals surface area (Å²) < 4.78 is 0. The molecule has 0 aliphatic heterocycles. The van der Waals surface area contributed by atoms with E-state index in [1.807, 2.05) is 0 Å². The van der Waals surface area contributed by atoms with Crippen LogP contribution in [-0.4, -0.2) is 22.3 Å². The molecule has 0 aliphatic rings. The van der Waals surface area contributed by atoms with Crippen LogP contribution in [0.25, 0.3) is 0 Å². The van der Waals surface area contributed by atoms with Gasteiger partial charge in [0, 0.05) is 0 Å². The van der Waals surface area contributed by atoms with Crippen molar-refractivity contribution in [3.63, 3.8) is 0 Å². The minimum absolute atomic E-state index is 0.123. The zero-order chi connectivity index (χ0) is 11.0. The first-order chi connectivity index (χ1) is 6.56. The van der Waals surface area contributed by atoms with Gasteiger partial charge in [0.2, 0.25) is 0 Å². The zero-order valence-electron chi connectivity index (χ0n) is 9.20. The number of carboxylic acid groups (broad SMARTS) is 1. The van der Waals surface area contributed by atoms with Gasteiger partial charge in [-0.05, 0) is 12.3 Å². The SMILES string of the molecule is CCCC(C)CCCC(O)CC(=O)O. The average molecular weight is 202 g/mol. The lowest BCUT2D eigenvalue weighted by atomic mass is 9.97. The van der Waals surface area contributed by atoms with E-state index in [1.165, 1.54) is 12.8 Å². The molecule has 0 radical (unpaired) electrons. The lowest BCUT2D eigenvalue weighted by Crippen LogP contribution is -2.12. The number of aliphatic carboxylic acids is 1. The highest BCUT2D eigenvalue weighted by Crippen LogP contribution is 2.15. The smallest absolute Gasteiger partial charge is 0.305 e. The molecule has 0 aliphatic carbocycles. The summed E-state index contributed by atoms with van der Waals surface area (Å²) in [6.07, 6.45) is 4.25. The molecule has 0 aromatic heterocycles. The molecule has 0 saturated carbocycles. The Bertz CT molecular complexity index is 157. The first kappa shape index (κ1) is 13.4. The first-order valence-electron chi connectivity index (χ1n) is 5.46. The van der Waals surface area contributed by atoms with Gasteiger partial charge in [0.15, 0.2) is 0 Å². The summed E-state index contributed by atoms with van der Waals surface area (Å²) in [6, 6.07) is 0. The van der Waals surface area contributed by atoms with Crippen LogP contribution < -0.4 is 0 Å². The monoisotopic (exact) mass is 202 g/mol. The Morgan fingerprint density at radius 3 is 2.43 bits per heavy atom. The molecule has 0 amide bonds. The molecular formula is C11H22O3. The van der Waals surface area contributed by atoms with E-state index in [9.17, 15) is 9.90 Å². The van der Waals surface area contributed by atoms with E-state index in [2.05, 4.69) is 13.8 Å². The molecule has 3 heteroatoms. The number of carbonyl (C=O) groups is 1. The van der Waals surface area contributed by atoms with Gasteiger partial charge in [0.05, 0.1) is 12.5 Å². The second-order valence-corrected chi connectivity index (χ2v) is 4.08. The van der Waals surface area contributed by atoms with Crippen LogP contribution in [-0.2, 0) is 4.79 Å². The fourth-order valence-corrected chi connectivity index (χ4v) is 1.64. The summed E-state index contributed by atoms with van der Waals surface area (Å²) >= 11 is 0. The van der Waals surface area contributed by atoms with Gasteiger partial charge in [-0.2, -0.15) is 0 Å². The van der Waals surface area contributed by atoms with Crippen molar-refractivity contribution in [2.24, 2.45) is 5.92 Å². The quantitative estimate of drug-likeness (QED) is 0.635. The molecule has 0 aromatic carbocycles. The van der Waals surface area contributed by atoms with Crippen LogP contribution >= 0.6 is 0 Å². The maximum absolute atomic E-state index is 10.2. The first-order valence-corrected chi connectivity index (χ1v) is 5.46.